The average Bonchev–Trinajstić information content (AvgIpc) is 2.77. The highest BCUT2D eigenvalue weighted by atomic mass is 16.5. The van der Waals surface area contributed by atoms with Crippen molar-refractivity contribution in [2.24, 2.45) is 0 Å². The summed E-state index contributed by atoms with van der Waals surface area (Å²) >= 11 is 0. The minimum Gasteiger partial charge on any atom is -0.386 e. The third kappa shape index (κ3) is 6.13. The lowest BCUT2D eigenvalue weighted by molar-refractivity contribution is 0.0786. The van der Waals surface area contributed by atoms with E-state index in [-0.39, 0.29) is 11.6 Å². The number of hydrogen-bond donors (Lipinski definition) is 2. The Morgan fingerprint density at radius 3 is 2.71 bits per heavy atom. The van der Waals surface area contributed by atoms with E-state index < -0.39 is 5.60 Å². The lowest BCUT2D eigenvalue weighted by Crippen LogP contribution is -2.38. The van der Waals surface area contributed by atoms with Crippen LogP contribution < -0.4 is 15.1 Å². The van der Waals surface area contributed by atoms with Crippen LogP contribution in [-0.2, 0) is 15.1 Å². The molecular weight excluding hydrogens is 398 g/mol. The van der Waals surface area contributed by atoms with E-state index in [2.05, 4.69) is 15.3 Å². The zero-order valence-electron chi connectivity index (χ0n) is 18.6. The van der Waals surface area contributed by atoms with Gasteiger partial charge in [0.1, 0.15) is 11.5 Å². The van der Waals surface area contributed by atoms with Crippen molar-refractivity contribution in [1.29, 1.82) is 0 Å². The van der Waals surface area contributed by atoms with E-state index in [0.717, 1.165) is 0 Å². The van der Waals surface area contributed by atoms with Crippen LogP contribution in [-0.4, -0.2) is 74.6 Å². The first kappa shape index (κ1) is 22.9. The number of anilines is 3. The van der Waals surface area contributed by atoms with E-state index in [9.17, 15) is 9.90 Å². The minimum atomic E-state index is -1.00. The summed E-state index contributed by atoms with van der Waals surface area (Å²) in [6, 6.07) is 8.83. The van der Waals surface area contributed by atoms with Crippen molar-refractivity contribution >= 4 is 23.4 Å². The minimum absolute atomic E-state index is 0.268. The Bertz CT molecular complexity index is 894. The fraction of sp³-hybridized carbons (Fsp3) is 0.500. The number of carbonyl (C=O) groups is 1. The largest absolute Gasteiger partial charge is 0.386 e. The van der Waals surface area contributed by atoms with Gasteiger partial charge in [0.2, 0.25) is 5.95 Å². The molecule has 2 N–H and O–H groups in total. The molecule has 0 radical (unpaired) electrons. The fourth-order valence-corrected chi connectivity index (χ4v) is 3.15. The Balaban J connectivity index is 1.88. The number of likely N-dealkylation sites (N-methyl/N-ethyl adjacent to an activating group) is 1. The third-order valence-electron chi connectivity index (χ3n) is 5.08. The number of aromatic nitrogens is 2. The third-order valence-corrected chi connectivity index (χ3v) is 5.08. The molecule has 1 saturated heterocycles. The summed E-state index contributed by atoms with van der Waals surface area (Å²) in [6.45, 7) is 7.10. The molecule has 1 aliphatic rings. The van der Waals surface area contributed by atoms with Gasteiger partial charge < -0.3 is 29.7 Å². The fourth-order valence-electron chi connectivity index (χ4n) is 3.15. The van der Waals surface area contributed by atoms with Crippen LogP contribution in [0.3, 0.4) is 0 Å². The van der Waals surface area contributed by atoms with Gasteiger partial charge in [-0.25, -0.2) is 4.98 Å². The van der Waals surface area contributed by atoms with E-state index in [1.807, 2.05) is 22.9 Å². The molecule has 31 heavy (non-hydrogen) atoms. The van der Waals surface area contributed by atoms with Crippen molar-refractivity contribution < 1.29 is 19.4 Å². The first-order valence-electron chi connectivity index (χ1n) is 10.3. The smallest absolute Gasteiger partial charge is 0.274 e. The number of benzene rings is 1. The molecule has 1 aliphatic heterocycles. The molecule has 0 aliphatic carbocycles. The lowest BCUT2D eigenvalue weighted by Gasteiger charge is -2.28. The predicted octanol–water partition coefficient (Wildman–Crippen LogP) is 1.88. The van der Waals surface area contributed by atoms with Crippen molar-refractivity contribution in [2.45, 2.75) is 19.4 Å². The molecule has 2 aromatic rings. The normalized spacial score (nSPS) is 14.4. The average molecular weight is 430 g/mol. The van der Waals surface area contributed by atoms with Crippen LogP contribution in [0.4, 0.5) is 17.5 Å². The number of carbonyl (C=O) groups excluding carboxylic acids is 1. The summed E-state index contributed by atoms with van der Waals surface area (Å²) in [5, 5.41) is 13.1. The predicted molar refractivity (Wildman–Crippen MR) is 120 cm³/mol. The van der Waals surface area contributed by atoms with Crippen LogP contribution in [0, 0.1) is 0 Å². The molecule has 0 bridgehead atoms. The van der Waals surface area contributed by atoms with Crippen molar-refractivity contribution in [2.75, 3.05) is 68.7 Å². The van der Waals surface area contributed by atoms with Crippen LogP contribution in [0.5, 0.6) is 0 Å². The molecule has 1 aromatic heterocycles. The van der Waals surface area contributed by atoms with E-state index in [4.69, 9.17) is 9.47 Å². The van der Waals surface area contributed by atoms with Crippen molar-refractivity contribution in [3.8, 4) is 0 Å². The van der Waals surface area contributed by atoms with Crippen LogP contribution in [0.2, 0.25) is 0 Å². The number of aliphatic hydroxyl groups is 1. The van der Waals surface area contributed by atoms with Gasteiger partial charge in [0.25, 0.3) is 5.91 Å². The molecule has 168 valence electrons. The van der Waals surface area contributed by atoms with Crippen LogP contribution >= 0.6 is 0 Å². The van der Waals surface area contributed by atoms with Gasteiger partial charge in [-0.2, -0.15) is 4.98 Å². The molecule has 1 fully saturated rings. The van der Waals surface area contributed by atoms with E-state index in [1.165, 1.54) is 0 Å². The monoisotopic (exact) mass is 429 g/mol. The summed E-state index contributed by atoms with van der Waals surface area (Å²) in [5.41, 5.74) is 0.563. The molecule has 2 heterocycles. The van der Waals surface area contributed by atoms with Crippen LogP contribution in [0.1, 0.15) is 29.9 Å². The van der Waals surface area contributed by atoms with Gasteiger partial charge in [-0.1, -0.05) is 12.1 Å². The van der Waals surface area contributed by atoms with E-state index >= 15 is 0 Å². The Labute approximate surface area is 183 Å². The molecule has 0 spiro atoms. The van der Waals surface area contributed by atoms with Gasteiger partial charge in [0.15, 0.2) is 0 Å². The number of rotatable bonds is 8. The first-order chi connectivity index (χ1) is 14.8. The van der Waals surface area contributed by atoms with Crippen LogP contribution in [0.25, 0.3) is 0 Å². The van der Waals surface area contributed by atoms with Crippen molar-refractivity contribution in [3.63, 3.8) is 0 Å². The molecule has 0 unspecified atom stereocenters. The Hall–Kier alpha value is -2.75. The summed E-state index contributed by atoms with van der Waals surface area (Å²) < 4.78 is 10.6. The zero-order chi connectivity index (χ0) is 22.4. The molecule has 9 nitrogen and oxygen atoms in total. The number of ether oxygens (including phenoxy) is 2. The second-order valence-corrected chi connectivity index (χ2v) is 8.02. The van der Waals surface area contributed by atoms with Gasteiger partial charge in [0.05, 0.1) is 25.4 Å². The Morgan fingerprint density at radius 2 is 2.03 bits per heavy atom. The highest BCUT2D eigenvalue weighted by Crippen LogP contribution is 2.23. The molecule has 1 amide bonds. The van der Waals surface area contributed by atoms with Gasteiger partial charge in [-0.15, -0.1) is 0 Å². The summed E-state index contributed by atoms with van der Waals surface area (Å²) in [6.07, 6.45) is 0. The number of morpholine rings is 1. The number of hydrogen-bond acceptors (Lipinski definition) is 8. The zero-order valence-corrected chi connectivity index (χ0v) is 18.6. The molecule has 3 rings (SSSR count). The summed E-state index contributed by atoms with van der Waals surface area (Å²) in [7, 11) is 3.55. The molecule has 9 heteroatoms. The van der Waals surface area contributed by atoms with E-state index in [1.54, 1.807) is 45.2 Å². The number of methoxy groups -OCH3 is 1. The SMILES string of the molecule is COCCN(C)c1cc(C(=O)Nc2cccc(C(C)(C)O)c2)nc(N2CCOCC2)n1. The highest BCUT2D eigenvalue weighted by Gasteiger charge is 2.21. The standard InChI is InChI=1S/C22H31N5O4/c1-22(2,29)16-6-5-7-17(14-16)23-20(28)18-15-19(26(3)8-11-30-4)25-21(24-18)27-9-12-31-13-10-27/h5-7,14-15,29H,8-13H2,1-4H3,(H,23,28). The molecular formula is C22H31N5O4. The second kappa shape index (κ2) is 10.0. The molecule has 0 atom stereocenters. The summed E-state index contributed by atoms with van der Waals surface area (Å²) in [4.78, 5) is 26.2. The quantitative estimate of drug-likeness (QED) is 0.656. The lowest BCUT2D eigenvalue weighted by atomic mass is 9.98. The second-order valence-electron chi connectivity index (χ2n) is 8.02. The maximum atomic E-state index is 13.0. The van der Waals surface area contributed by atoms with Gasteiger partial charge in [0, 0.05) is 45.5 Å². The number of nitrogens with one attached hydrogen (secondary N) is 1. The maximum Gasteiger partial charge on any atom is 0.274 e. The first-order valence-corrected chi connectivity index (χ1v) is 10.3. The maximum absolute atomic E-state index is 13.0. The number of amides is 1. The van der Waals surface area contributed by atoms with Crippen molar-refractivity contribution in [1.82, 2.24) is 9.97 Å². The van der Waals surface area contributed by atoms with Crippen molar-refractivity contribution in [3.05, 3.63) is 41.6 Å². The molecule has 1 aromatic carbocycles. The van der Waals surface area contributed by atoms with Gasteiger partial charge in [-0.05, 0) is 31.5 Å². The highest BCUT2D eigenvalue weighted by molar-refractivity contribution is 6.03. The summed E-state index contributed by atoms with van der Waals surface area (Å²) in [5.74, 6) is 0.801. The van der Waals surface area contributed by atoms with Gasteiger partial charge >= 0.3 is 0 Å². The Morgan fingerprint density at radius 1 is 1.29 bits per heavy atom. The van der Waals surface area contributed by atoms with Crippen LogP contribution in [0.15, 0.2) is 30.3 Å². The topological polar surface area (TPSA) is 100 Å². The molecule has 0 saturated carbocycles. The Kier molecular flexibility index (Phi) is 7.42. The number of nitrogens with zero attached hydrogens (tertiary/aromatic N) is 4. The van der Waals surface area contributed by atoms with Gasteiger partial charge in [-0.3, -0.25) is 4.79 Å². The van der Waals surface area contributed by atoms with E-state index in [0.29, 0.717) is 62.5 Å².